The molecule has 2 aromatic rings. The smallest absolute Gasteiger partial charge is 0.0697 e. The summed E-state index contributed by atoms with van der Waals surface area (Å²) >= 11 is 0. The molecule has 2 heteroatoms. The van der Waals surface area contributed by atoms with E-state index in [0.717, 1.165) is 37.5 Å². The van der Waals surface area contributed by atoms with Crippen LogP contribution in [0.15, 0.2) is 46.4 Å². The lowest BCUT2D eigenvalue weighted by Crippen LogP contribution is -2.33. The molecule has 3 fully saturated rings. The zero-order valence-corrected chi connectivity index (χ0v) is 21.7. The highest BCUT2D eigenvalue weighted by atomic mass is 14.9. The van der Waals surface area contributed by atoms with E-state index < -0.39 is 0 Å². The van der Waals surface area contributed by atoms with Gasteiger partial charge in [-0.15, -0.1) is 0 Å². The largest absolute Gasteiger partial charge is 0.251 e. The van der Waals surface area contributed by atoms with E-state index in [-0.39, 0.29) is 0 Å². The molecule has 2 aromatic carbocycles. The number of aryl methyl sites for hydroxylation is 4. The van der Waals surface area contributed by atoms with Crippen LogP contribution in [0.1, 0.15) is 88.5 Å². The molecule has 0 bridgehead atoms. The summed E-state index contributed by atoms with van der Waals surface area (Å²) in [4.78, 5) is 11.2. The molecule has 34 heavy (non-hydrogen) atoms. The van der Waals surface area contributed by atoms with Crippen molar-refractivity contribution in [3.63, 3.8) is 0 Å². The van der Waals surface area contributed by atoms with E-state index in [1.54, 1.807) is 0 Å². The van der Waals surface area contributed by atoms with Gasteiger partial charge in [-0.1, -0.05) is 89.8 Å². The topological polar surface area (TPSA) is 24.7 Å². The minimum absolute atomic E-state index is 0.594. The van der Waals surface area contributed by atoms with Gasteiger partial charge >= 0.3 is 0 Å². The standard InChI is InChI=1S/C32H42N2/c1-5-21-13-9-14-22(6-2)29(21)33-31-26-19-11-17-25-18-12-20-27(28(25)26)32(31)34-30-23(7-3)15-10-16-24(30)8-4/h9-10,13-16,25-28H,5-8,11-12,17-20H2,1-4H3. The molecule has 0 aromatic heterocycles. The second-order valence-electron chi connectivity index (χ2n) is 10.7. The highest BCUT2D eigenvalue weighted by molar-refractivity contribution is 6.47. The van der Waals surface area contributed by atoms with Gasteiger partial charge in [0.25, 0.3) is 0 Å². The van der Waals surface area contributed by atoms with Crippen molar-refractivity contribution in [2.75, 3.05) is 0 Å². The summed E-state index contributed by atoms with van der Waals surface area (Å²) in [5, 5.41) is 0. The van der Waals surface area contributed by atoms with Gasteiger partial charge in [-0.3, -0.25) is 9.98 Å². The SMILES string of the molecule is CCc1cccc(CC)c1N=C1C(=Nc2c(CC)cccc2CC)C2CCCC3CCCC1C32. The minimum atomic E-state index is 0.594. The van der Waals surface area contributed by atoms with Gasteiger partial charge in [-0.05, 0) is 72.6 Å². The molecule has 0 spiro atoms. The fourth-order valence-electron chi connectivity index (χ4n) is 7.31. The van der Waals surface area contributed by atoms with Crippen LogP contribution in [-0.4, -0.2) is 11.4 Å². The number of hydrogen-bond acceptors (Lipinski definition) is 2. The van der Waals surface area contributed by atoms with Crippen molar-refractivity contribution in [3.8, 4) is 0 Å². The molecule has 0 radical (unpaired) electrons. The zero-order chi connectivity index (χ0) is 23.7. The predicted octanol–water partition coefficient (Wildman–Crippen LogP) is 8.63. The molecular weight excluding hydrogens is 412 g/mol. The number of hydrogen-bond donors (Lipinski definition) is 0. The van der Waals surface area contributed by atoms with E-state index in [1.165, 1.54) is 83.6 Å². The summed E-state index contributed by atoms with van der Waals surface area (Å²) in [6, 6.07) is 13.6. The molecule has 0 amide bonds. The molecule has 3 saturated carbocycles. The number of rotatable bonds is 6. The summed E-state index contributed by atoms with van der Waals surface area (Å²) in [6.07, 6.45) is 12.3. The first-order chi connectivity index (χ1) is 16.7. The van der Waals surface area contributed by atoms with Crippen molar-refractivity contribution >= 4 is 22.8 Å². The van der Waals surface area contributed by atoms with E-state index >= 15 is 0 Å². The molecular formula is C32H42N2. The quantitative estimate of drug-likeness (QED) is 0.417. The van der Waals surface area contributed by atoms with Crippen LogP contribution in [0.2, 0.25) is 0 Å². The fraction of sp³-hybridized carbons (Fsp3) is 0.562. The van der Waals surface area contributed by atoms with Gasteiger partial charge in [0, 0.05) is 11.8 Å². The predicted molar refractivity (Wildman–Crippen MR) is 146 cm³/mol. The lowest BCUT2D eigenvalue weighted by Gasteiger charge is -2.40. The average Bonchev–Trinajstić information content (AvgIpc) is 3.18. The van der Waals surface area contributed by atoms with E-state index in [4.69, 9.17) is 9.98 Å². The third-order valence-electron chi connectivity index (χ3n) is 9.01. The van der Waals surface area contributed by atoms with Gasteiger partial charge in [0.05, 0.1) is 22.8 Å². The Morgan fingerprint density at radius 3 is 1.32 bits per heavy atom. The van der Waals surface area contributed by atoms with Crippen LogP contribution >= 0.6 is 0 Å². The molecule has 0 saturated heterocycles. The van der Waals surface area contributed by atoms with Crippen molar-refractivity contribution in [3.05, 3.63) is 58.7 Å². The number of para-hydroxylation sites is 2. The molecule has 2 unspecified atom stereocenters. The lowest BCUT2D eigenvalue weighted by molar-refractivity contribution is 0.122. The van der Waals surface area contributed by atoms with E-state index in [9.17, 15) is 0 Å². The van der Waals surface area contributed by atoms with Crippen molar-refractivity contribution < 1.29 is 0 Å². The van der Waals surface area contributed by atoms with Gasteiger partial charge in [-0.2, -0.15) is 0 Å². The maximum absolute atomic E-state index is 5.62. The Bertz CT molecular complexity index is 962. The van der Waals surface area contributed by atoms with Crippen molar-refractivity contribution in [2.45, 2.75) is 91.9 Å². The second-order valence-corrected chi connectivity index (χ2v) is 10.7. The van der Waals surface area contributed by atoms with Gasteiger partial charge in [0.15, 0.2) is 0 Å². The van der Waals surface area contributed by atoms with Crippen LogP contribution in [0.3, 0.4) is 0 Å². The molecule has 5 rings (SSSR count). The van der Waals surface area contributed by atoms with Gasteiger partial charge in [0.2, 0.25) is 0 Å². The maximum Gasteiger partial charge on any atom is 0.0697 e. The molecule has 3 aliphatic rings. The third kappa shape index (κ3) is 4.08. The first-order valence-corrected chi connectivity index (χ1v) is 14.1. The van der Waals surface area contributed by atoms with Crippen LogP contribution in [0.5, 0.6) is 0 Å². The fourth-order valence-corrected chi connectivity index (χ4v) is 7.31. The van der Waals surface area contributed by atoms with Crippen LogP contribution < -0.4 is 0 Å². The maximum atomic E-state index is 5.62. The van der Waals surface area contributed by atoms with Crippen LogP contribution in [0, 0.1) is 23.7 Å². The minimum Gasteiger partial charge on any atom is -0.251 e. The summed E-state index contributed by atoms with van der Waals surface area (Å²) < 4.78 is 0. The summed E-state index contributed by atoms with van der Waals surface area (Å²) in [5.41, 5.74) is 10.7. The van der Waals surface area contributed by atoms with E-state index in [0.29, 0.717) is 11.8 Å². The molecule has 2 nitrogen and oxygen atoms in total. The lowest BCUT2D eigenvalue weighted by atomic mass is 9.65. The van der Waals surface area contributed by atoms with Crippen LogP contribution in [0.4, 0.5) is 11.4 Å². The van der Waals surface area contributed by atoms with E-state index in [1.807, 2.05) is 0 Å². The Balaban J connectivity index is 1.73. The molecule has 0 N–H and O–H groups in total. The van der Waals surface area contributed by atoms with Crippen LogP contribution in [-0.2, 0) is 25.7 Å². The highest BCUT2D eigenvalue weighted by Gasteiger charge is 2.51. The zero-order valence-electron chi connectivity index (χ0n) is 21.7. The van der Waals surface area contributed by atoms with E-state index in [2.05, 4.69) is 64.1 Å². The molecule has 3 aliphatic carbocycles. The van der Waals surface area contributed by atoms with Crippen LogP contribution in [0.25, 0.3) is 0 Å². The third-order valence-corrected chi connectivity index (χ3v) is 9.01. The summed E-state index contributed by atoms with van der Waals surface area (Å²) in [6.45, 7) is 9.07. The first-order valence-electron chi connectivity index (χ1n) is 14.1. The Morgan fingerprint density at radius 1 is 0.588 bits per heavy atom. The number of benzene rings is 2. The Hall–Kier alpha value is -2.22. The van der Waals surface area contributed by atoms with Crippen molar-refractivity contribution in [1.29, 1.82) is 0 Å². The van der Waals surface area contributed by atoms with Gasteiger partial charge in [-0.25, -0.2) is 0 Å². The number of aliphatic imine (C=N–C) groups is 2. The highest BCUT2D eigenvalue weighted by Crippen LogP contribution is 2.53. The summed E-state index contributed by atoms with van der Waals surface area (Å²) in [5.74, 6) is 2.82. The van der Waals surface area contributed by atoms with Gasteiger partial charge < -0.3 is 0 Å². The van der Waals surface area contributed by atoms with Crippen molar-refractivity contribution in [2.24, 2.45) is 33.7 Å². The first kappa shape index (κ1) is 23.5. The van der Waals surface area contributed by atoms with Gasteiger partial charge in [0.1, 0.15) is 0 Å². The molecule has 0 aliphatic heterocycles. The molecule has 2 atom stereocenters. The molecule has 180 valence electrons. The Labute approximate surface area is 207 Å². The second kappa shape index (κ2) is 10.2. The average molecular weight is 455 g/mol. The Morgan fingerprint density at radius 2 is 0.971 bits per heavy atom. The molecule has 0 heterocycles. The number of nitrogens with zero attached hydrogens (tertiary/aromatic N) is 2. The van der Waals surface area contributed by atoms with Crippen molar-refractivity contribution in [1.82, 2.24) is 0 Å². The summed E-state index contributed by atoms with van der Waals surface area (Å²) in [7, 11) is 0. The Kier molecular flexibility index (Phi) is 7.04. The monoisotopic (exact) mass is 454 g/mol. The normalized spacial score (nSPS) is 28.5.